The highest BCUT2D eigenvalue weighted by Gasteiger charge is 2.44. The highest BCUT2D eigenvalue weighted by molar-refractivity contribution is 6.04. The lowest BCUT2D eigenvalue weighted by Crippen LogP contribution is -2.60. The van der Waals surface area contributed by atoms with Crippen LogP contribution in [0.15, 0.2) is 42.6 Å². The molecule has 1 aromatic heterocycles. The molecule has 1 aromatic carbocycles. The van der Waals surface area contributed by atoms with Crippen LogP contribution in [0.25, 0.3) is 0 Å². The first-order chi connectivity index (χ1) is 14.6. The molecular weight excluding hydrogens is 376 g/mol. The number of rotatable bonds is 3. The van der Waals surface area contributed by atoms with Crippen molar-refractivity contribution in [2.75, 3.05) is 29.9 Å². The number of hydrogen-bond donors (Lipinski definition) is 1. The summed E-state index contributed by atoms with van der Waals surface area (Å²) in [5.74, 6) is 2.15. The first-order valence-electron chi connectivity index (χ1n) is 11.0. The number of carbonyl (C=O) groups excluding carboxylic acids is 2. The van der Waals surface area contributed by atoms with Crippen LogP contribution < -0.4 is 10.2 Å². The van der Waals surface area contributed by atoms with Gasteiger partial charge in [-0.1, -0.05) is 17.7 Å². The topological polar surface area (TPSA) is 65.5 Å². The van der Waals surface area contributed by atoms with Gasteiger partial charge in [-0.25, -0.2) is 4.98 Å². The highest BCUT2D eigenvalue weighted by Crippen LogP contribution is 2.38. The van der Waals surface area contributed by atoms with Crippen molar-refractivity contribution in [3.8, 4) is 0 Å². The van der Waals surface area contributed by atoms with Crippen molar-refractivity contribution in [3.63, 3.8) is 0 Å². The van der Waals surface area contributed by atoms with Crippen molar-refractivity contribution in [2.24, 2.45) is 11.8 Å². The minimum atomic E-state index is -0.148. The number of anilines is 2. The fourth-order valence-electron chi connectivity index (χ4n) is 5.34. The number of piperidine rings is 3. The summed E-state index contributed by atoms with van der Waals surface area (Å²) in [6.07, 6.45) is 5.74. The molecule has 6 nitrogen and oxygen atoms in total. The fourth-order valence-corrected chi connectivity index (χ4v) is 5.34. The smallest absolute Gasteiger partial charge is 0.257 e. The van der Waals surface area contributed by atoms with E-state index in [4.69, 9.17) is 0 Å². The van der Waals surface area contributed by atoms with E-state index in [-0.39, 0.29) is 5.91 Å². The van der Waals surface area contributed by atoms with E-state index in [2.05, 4.69) is 20.1 Å². The van der Waals surface area contributed by atoms with Crippen molar-refractivity contribution in [1.82, 2.24) is 9.88 Å². The standard InChI is InChI=1S/C24H28N4O2/c1-16-5-8-20(9-6-16)26-24(30)18-7-10-22(25-12-18)27-13-17-11-19(15-27)21-3-2-4-23(29)28(21)14-17/h5-10,12,17,19,21H,2-4,11,13-15H2,1H3,(H,26,30)/t17-,19-,21-/m1/s1. The maximum atomic E-state index is 12.5. The zero-order valence-electron chi connectivity index (χ0n) is 17.4. The molecule has 0 saturated carbocycles. The molecule has 4 heterocycles. The molecule has 0 aliphatic carbocycles. The second-order valence-electron chi connectivity index (χ2n) is 9.00. The van der Waals surface area contributed by atoms with Gasteiger partial charge in [-0.2, -0.15) is 0 Å². The SMILES string of the molecule is Cc1ccc(NC(=O)c2ccc(N3C[C@H]4C[C@H](C3)[C@H]3CCCC(=O)N3C4)nc2)cc1. The van der Waals surface area contributed by atoms with Gasteiger partial charge in [-0.3, -0.25) is 9.59 Å². The fraction of sp³-hybridized carbons (Fsp3) is 0.458. The summed E-state index contributed by atoms with van der Waals surface area (Å²) in [6.45, 7) is 4.77. The van der Waals surface area contributed by atoms with Crippen LogP contribution in [0.2, 0.25) is 0 Å². The van der Waals surface area contributed by atoms with Crippen molar-refractivity contribution in [3.05, 3.63) is 53.7 Å². The molecule has 0 unspecified atom stereocenters. The average Bonchev–Trinajstić information content (AvgIpc) is 2.76. The van der Waals surface area contributed by atoms with Crippen LogP contribution in [0, 0.1) is 18.8 Å². The molecule has 156 valence electrons. The van der Waals surface area contributed by atoms with E-state index in [0.717, 1.165) is 49.5 Å². The lowest BCUT2D eigenvalue weighted by atomic mass is 9.76. The van der Waals surface area contributed by atoms with Gasteiger partial charge in [0.05, 0.1) is 5.56 Å². The first-order valence-corrected chi connectivity index (χ1v) is 11.0. The molecule has 3 aliphatic rings. The van der Waals surface area contributed by atoms with Gasteiger partial charge in [0, 0.05) is 44.0 Å². The minimum Gasteiger partial charge on any atom is -0.356 e. The van der Waals surface area contributed by atoms with E-state index in [1.54, 1.807) is 6.20 Å². The van der Waals surface area contributed by atoms with E-state index in [1.165, 1.54) is 6.42 Å². The molecule has 3 saturated heterocycles. The van der Waals surface area contributed by atoms with Crippen LogP contribution in [0.3, 0.4) is 0 Å². The second-order valence-corrected chi connectivity index (χ2v) is 9.00. The first kappa shape index (κ1) is 19.1. The minimum absolute atomic E-state index is 0.148. The number of benzene rings is 1. The summed E-state index contributed by atoms with van der Waals surface area (Å²) < 4.78 is 0. The number of aromatic nitrogens is 1. The summed E-state index contributed by atoms with van der Waals surface area (Å²) in [7, 11) is 0. The van der Waals surface area contributed by atoms with Crippen molar-refractivity contribution in [1.29, 1.82) is 0 Å². The zero-order chi connectivity index (χ0) is 20.7. The number of nitrogens with one attached hydrogen (secondary N) is 1. The van der Waals surface area contributed by atoms with Crippen LogP contribution in [-0.2, 0) is 4.79 Å². The predicted octanol–water partition coefficient (Wildman–Crippen LogP) is 3.48. The van der Waals surface area contributed by atoms with Gasteiger partial charge < -0.3 is 15.1 Å². The van der Waals surface area contributed by atoms with Crippen molar-refractivity contribution in [2.45, 2.75) is 38.6 Å². The third-order valence-electron chi connectivity index (χ3n) is 6.82. The van der Waals surface area contributed by atoms with Gasteiger partial charge >= 0.3 is 0 Å². The van der Waals surface area contributed by atoms with Gasteiger partial charge in [0.15, 0.2) is 0 Å². The van der Waals surface area contributed by atoms with E-state index < -0.39 is 0 Å². The summed E-state index contributed by atoms with van der Waals surface area (Å²) in [5.41, 5.74) is 2.50. The van der Waals surface area contributed by atoms with E-state index in [1.807, 2.05) is 43.3 Å². The van der Waals surface area contributed by atoms with E-state index >= 15 is 0 Å². The molecule has 1 N–H and O–H groups in total. The van der Waals surface area contributed by atoms with Gasteiger partial charge in [0.2, 0.25) is 5.91 Å². The zero-order valence-corrected chi connectivity index (χ0v) is 17.4. The molecule has 0 spiro atoms. The molecule has 2 bridgehead atoms. The Balaban J connectivity index is 1.26. The Labute approximate surface area is 177 Å². The third kappa shape index (κ3) is 3.66. The molecule has 3 fully saturated rings. The number of fused-ring (bicyclic) bond motifs is 4. The molecule has 5 rings (SSSR count). The highest BCUT2D eigenvalue weighted by atomic mass is 16.2. The molecular formula is C24H28N4O2. The molecule has 30 heavy (non-hydrogen) atoms. The maximum absolute atomic E-state index is 12.5. The van der Waals surface area contributed by atoms with Crippen LogP contribution in [0.1, 0.15) is 41.6 Å². The van der Waals surface area contributed by atoms with Crippen molar-refractivity contribution < 1.29 is 9.59 Å². The second kappa shape index (κ2) is 7.74. The van der Waals surface area contributed by atoms with Crippen LogP contribution in [-0.4, -0.2) is 47.4 Å². The Kier molecular flexibility index (Phi) is 4.93. The number of nitrogens with zero attached hydrogens (tertiary/aromatic N) is 3. The normalized spacial score (nSPS) is 25.6. The Hall–Kier alpha value is -2.89. The molecule has 3 aliphatic heterocycles. The average molecular weight is 405 g/mol. The number of aryl methyl sites for hydroxylation is 1. The molecule has 2 aromatic rings. The number of amides is 2. The summed E-state index contributed by atoms with van der Waals surface area (Å²) >= 11 is 0. The van der Waals surface area contributed by atoms with E-state index in [9.17, 15) is 9.59 Å². The van der Waals surface area contributed by atoms with Crippen molar-refractivity contribution >= 4 is 23.3 Å². The molecule has 3 atom stereocenters. The lowest BCUT2D eigenvalue weighted by Gasteiger charge is -2.52. The number of carbonyl (C=O) groups is 2. The molecule has 6 heteroatoms. The Morgan fingerprint density at radius 2 is 1.93 bits per heavy atom. The van der Waals surface area contributed by atoms with E-state index in [0.29, 0.717) is 35.8 Å². The van der Waals surface area contributed by atoms with Gasteiger partial charge in [-0.05, 0) is 62.3 Å². The Morgan fingerprint density at radius 1 is 1.10 bits per heavy atom. The number of pyridine rings is 1. The van der Waals surface area contributed by atoms with Crippen LogP contribution in [0.5, 0.6) is 0 Å². The summed E-state index contributed by atoms with van der Waals surface area (Å²) in [6, 6.07) is 12.0. The predicted molar refractivity (Wildman–Crippen MR) is 117 cm³/mol. The third-order valence-corrected chi connectivity index (χ3v) is 6.82. The van der Waals surface area contributed by atoms with Crippen LogP contribution >= 0.6 is 0 Å². The van der Waals surface area contributed by atoms with Gasteiger partial charge in [0.25, 0.3) is 5.91 Å². The summed E-state index contributed by atoms with van der Waals surface area (Å²) in [5, 5.41) is 2.92. The quantitative estimate of drug-likeness (QED) is 0.851. The molecule has 2 amide bonds. The largest absolute Gasteiger partial charge is 0.356 e. The number of hydrogen-bond acceptors (Lipinski definition) is 4. The van der Waals surface area contributed by atoms with Crippen LogP contribution in [0.4, 0.5) is 11.5 Å². The van der Waals surface area contributed by atoms with Gasteiger partial charge in [0.1, 0.15) is 5.82 Å². The molecule has 0 radical (unpaired) electrons. The maximum Gasteiger partial charge on any atom is 0.257 e. The van der Waals surface area contributed by atoms with Gasteiger partial charge in [-0.15, -0.1) is 0 Å². The summed E-state index contributed by atoms with van der Waals surface area (Å²) in [4.78, 5) is 34.0. The lowest BCUT2D eigenvalue weighted by molar-refractivity contribution is -0.142. The Bertz CT molecular complexity index is 941. The monoisotopic (exact) mass is 404 g/mol. The Morgan fingerprint density at radius 3 is 2.70 bits per heavy atom.